The van der Waals surface area contributed by atoms with Crippen LogP contribution in [0.4, 0.5) is 11.5 Å². The van der Waals surface area contributed by atoms with E-state index in [1.165, 1.54) is 17.7 Å². The van der Waals surface area contributed by atoms with E-state index >= 15 is 0 Å². The average molecular weight is 561 g/mol. The zero-order chi connectivity index (χ0) is 28.2. The number of aliphatic carboxylic acids is 1. The van der Waals surface area contributed by atoms with Gasteiger partial charge >= 0.3 is 5.97 Å². The minimum absolute atomic E-state index is 0.204. The second-order valence-corrected chi connectivity index (χ2v) is 11.3. The number of piperidine rings is 1. The number of hydrogen-bond acceptors (Lipinski definition) is 5. The van der Waals surface area contributed by atoms with Gasteiger partial charge in [-0.25, -0.2) is 9.78 Å². The normalized spacial score (nSPS) is 16.1. The van der Waals surface area contributed by atoms with Crippen molar-refractivity contribution in [1.29, 1.82) is 0 Å². The Morgan fingerprint density at radius 2 is 1.90 bits per heavy atom. The summed E-state index contributed by atoms with van der Waals surface area (Å²) >= 11 is 6.16. The molecule has 0 aliphatic carbocycles. The molecule has 3 N–H and O–H groups in total. The average Bonchev–Trinajstić information content (AvgIpc) is 2.96. The fraction of sp³-hybridized carbons (Fsp3) is 0.406. The molecule has 3 heterocycles. The lowest BCUT2D eigenvalue weighted by molar-refractivity contribution is -0.139. The molecular formula is C32H37ClN4O3. The van der Waals surface area contributed by atoms with Crippen LogP contribution in [0.15, 0.2) is 48.5 Å². The highest BCUT2D eigenvalue weighted by Crippen LogP contribution is 2.32. The first-order chi connectivity index (χ1) is 19.3. The van der Waals surface area contributed by atoms with Crippen LogP contribution in [-0.2, 0) is 24.1 Å². The number of nitrogens with one attached hydrogen (secondary N) is 2. The summed E-state index contributed by atoms with van der Waals surface area (Å²) < 4.78 is 0. The molecule has 0 bridgehead atoms. The van der Waals surface area contributed by atoms with Gasteiger partial charge in [-0.05, 0) is 91.6 Å². The molecule has 210 valence electrons. The van der Waals surface area contributed by atoms with Crippen LogP contribution < -0.4 is 15.5 Å². The number of carbonyl (C=O) groups is 2. The number of carboxylic acids is 1. The van der Waals surface area contributed by atoms with Crippen LogP contribution in [0.3, 0.4) is 0 Å². The number of pyridine rings is 1. The number of nitrogens with zero attached hydrogens (tertiary/aromatic N) is 2. The highest BCUT2D eigenvalue weighted by molar-refractivity contribution is 6.30. The molecule has 0 saturated carbocycles. The second-order valence-electron chi connectivity index (χ2n) is 10.9. The highest BCUT2D eigenvalue weighted by atomic mass is 35.5. The van der Waals surface area contributed by atoms with Gasteiger partial charge in [-0.3, -0.25) is 4.79 Å². The number of halogens is 1. The SMILES string of the molecule is CCc1cc(Cl)cc(C)c1C(=O)NC(Cc1ccc(N2CCC(c3ccc4c(n3)NCCC4)CC2)cc1)C(=O)O. The van der Waals surface area contributed by atoms with E-state index in [2.05, 4.69) is 39.8 Å². The van der Waals surface area contributed by atoms with E-state index < -0.39 is 12.0 Å². The first-order valence-electron chi connectivity index (χ1n) is 14.2. The first kappa shape index (κ1) is 28.0. The summed E-state index contributed by atoms with van der Waals surface area (Å²) in [7, 11) is 0. The molecule has 1 fully saturated rings. The van der Waals surface area contributed by atoms with E-state index in [1.807, 2.05) is 26.0 Å². The standard InChI is InChI=1S/C32H37ClN4O3/c1-3-22-19-25(33)17-20(2)29(22)31(38)36-28(32(39)40)18-21-6-9-26(10-7-21)37-15-12-23(13-16-37)27-11-8-24-5-4-14-34-30(24)35-27/h6-11,17,19,23,28H,3-5,12-16,18H2,1-2H3,(H,34,35)(H,36,38)(H,39,40). The quantitative estimate of drug-likeness (QED) is 0.323. The van der Waals surface area contributed by atoms with Crippen molar-refractivity contribution < 1.29 is 14.7 Å². The van der Waals surface area contributed by atoms with Crippen molar-refractivity contribution >= 4 is 35.0 Å². The number of aryl methyl sites for hydroxylation is 3. The van der Waals surface area contributed by atoms with Gasteiger partial charge in [0.05, 0.1) is 0 Å². The predicted molar refractivity (Wildman–Crippen MR) is 160 cm³/mol. The van der Waals surface area contributed by atoms with Crippen molar-refractivity contribution in [2.24, 2.45) is 0 Å². The van der Waals surface area contributed by atoms with Crippen LogP contribution in [0.25, 0.3) is 0 Å². The van der Waals surface area contributed by atoms with E-state index in [4.69, 9.17) is 16.6 Å². The van der Waals surface area contributed by atoms with Crippen molar-refractivity contribution in [2.75, 3.05) is 29.9 Å². The first-order valence-corrected chi connectivity index (χ1v) is 14.6. The van der Waals surface area contributed by atoms with Crippen LogP contribution in [0.5, 0.6) is 0 Å². The Morgan fingerprint density at radius 3 is 2.60 bits per heavy atom. The maximum atomic E-state index is 13.1. The molecule has 3 aromatic rings. The molecule has 8 heteroatoms. The summed E-state index contributed by atoms with van der Waals surface area (Å²) in [5, 5.41) is 16.6. The number of fused-ring (bicyclic) bond motifs is 1. The Bertz CT molecular complexity index is 1380. The third-order valence-corrected chi connectivity index (χ3v) is 8.38. The number of rotatable bonds is 8. The van der Waals surface area contributed by atoms with E-state index in [9.17, 15) is 14.7 Å². The monoisotopic (exact) mass is 560 g/mol. The van der Waals surface area contributed by atoms with E-state index in [0.717, 1.165) is 67.1 Å². The van der Waals surface area contributed by atoms with E-state index in [0.29, 0.717) is 22.9 Å². The molecule has 1 saturated heterocycles. The lowest BCUT2D eigenvalue weighted by Gasteiger charge is -2.34. The number of hydrogen-bond donors (Lipinski definition) is 3. The zero-order valence-corrected chi connectivity index (χ0v) is 23.9. The van der Waals surface area contributed by atoms with E-state index in [1.54, 1.807) is 12.1 Å². The van der Waals surface area contributed by atoms with Gasteiger partial charge < -0.3 is 20.6 Å². The maximum Gasteiger partial charge on any atom is 0.326 e. The fourth-order valence-corrected chi connectivity index (χ4v) is 6.23. The van der Waals surface area contributed by atoms with Gasteiger partial charge in [0, 0.05) is 53.9 Å². The Balaban J connectivity index is 1.19. The third kappa shape index (κ3) is 6.25. The second kappa shape index (κ2) is 12.3. The van der Waals surface area contributed by atoms with Crippen LogP contribution in [0.1, 0.15) is 70.4 Å². The molecule has 0 radical (unpaired) electrons. The molecule has 2 aliphatic rings. The summed E-state index contributed by atoms with van der Waals surface area (Å²) in [5.74, 6) is 0.0750. The van der Waals surface area contributed by atoms with Gasteiger partial charge in [0.25, 0.3) is 5.91 Å². The lowest BCUT2D eigenvalue weighted by atomic mass is 9.92. The summed E-state index contributed by atoms with van der Waals surface area (Å²) in [6.07, 6.45) is 5.19. The Morgan fingerprint density at radius 1 is 1.15 bits per heavy atom. The molecular weight excluding hydrogens is 524 g/mol. The number of benzene rings is 2. The van der Waals surface area contributed by atoms with Crippen LogP contribution in [-0.4, -0.2) is 47.6 Å². The van der Waals surface area contributed by atoms with Crippen molar-refractivity contribution in [3.8, 4) is 0 Å². The van der Waals surface area contributed by atoms with Crippen LogP contribution in [0, 0.1) is 6.92 Å². The topological polar surface area (TPSA) is 94.6 Å². The van der Waals surface area contributed by atoms with Gasteiger partial charge in [-0.15, -0.1) is 0 Å². The smallest absolute Gasteiger partial charge is 0.326 e. The Kier molecular flexibility index (Phi) is 8.60. The predicted octanol–water partition coefficient (Wildman–Crippen LogP) is 5.77. The summed E-state index contributed by atoms with van der Waals surface area (Å²) in [4.78, 5) is 32.5. The number of carboxylic acid groups (broad SMARTS) is 1. The highest BCUT2D eigenvalue weighted by Gasteiger charge is 2.25. The maximum absolute atomic E-state index is 13.1. The number of aromatic nitrogens is 1. The fourth-order valence-electron chi connectivity index (χ4n) is 5.93. The van der Waals surface area contributed by atoms with Crippen molar-refractivity contribution in [2.45, 2.75) is 64.3 Å². The Hall–Kier alpha value is -3.58. The van der Waals surface area contributed by atoms with Gasteiger partial charge in [-0.2, -0.15) is 0 Å². The molecule has 2 aliphatic heterocycles. The molecule has 40 heavy (non-hydrogen) atoms. The van der Waals surface area contributed by atoms with Crippen LogP contribution >= 0.6 is 11.6 Å². The van der Waals surface area contributed by atoms with Gasteiger partial charge in [0.2, 0.25) is 0 Å². The van der Waals surface area contributed by atoms with Crippen LogP contribution in [0.2, 0.25) is 5.02 Å². The Labute approximate surface area is 241 Å². The molecule has 7 nitrogen and oxygen atoms in total. The number of anilines is 2. The molecule has 0 spiro atoms. The molecule has 2 aromatic carbocycles. The molecule has 1 unspecified atom stereocenters. The van der Waals surface area contributed by atoms with Gasteiger partial charge in [-0.1, -0.05) is 36.7 Å². The minimum Gasteiger partial charge on any atom is -0.480 e. The summed E-state index contributed by atoms with van der Waals surface area (Å²) in [6, 6.07) is 14.9. The molecule has 5 rings (SSSR count). The number of amides is 1. The minimum atomic E-state index is -1.06. The van der Waals surface area contributed by atoms with Crippen molar-refractivity contribution in [1.82, 2.24) is 10.3 Å². The molecule has 1 aromatic heterocycles. The number of carbonyl (C=O) groups excluding carboxylic acids is 1. The molecule has 1 atom stereocenters. The van der Waals surface area contributed by atoms with Crippen molar-refractivity contribution in [3.63, 3.8) is 0 Å². The van der Waals surface area contributed by atoms with Gasteiger partial charge in [0.1, 0.15) is 11.9 Å². The third-order valence-electron chi connectivity index (χ3n) is 8.16. The lowest BCUT2D eigenvalue weighted by Crippen LogP contribution is -2.42. The summed E-state index contributed by atoms with van der Waals surface area (Å²) in [5.41, 5.74) is 6.53. The largest absolute Gasteiger partial charge is 0.480 e. The van der Waals surface area contributed by atoms with Crippen molar-refractivity contribution in [3.05, 3.63) is 87.1 Å². The summed E-state index contributed by atoms with van der Waals surface area (Å²) in [6.45, 7) is 6.66. The zero-order valence-electron chi connectivity index (χ0n) is 23.2. The van der Waals surface area contributed by atoms with Gasteiger partial charge in [0.15, 0.2) is 0 Å². The molecule has 1 amide bonds. The van der Waals surface area contributed by atoms with E-state index in [-0.39, 0.29) is 12.3 Å².